The van der Waals surface area contributed by atoms with E-state index in [1.165, 1.54) is 12.1 Å². The van der Waals surface area contributed by atoms with E-state index in [1.807, 2.05) is 0 Å². The van der Waals surface area contributed by atoms with Crippen molar-refractivity contribution in [2.24, 2.45) is 0 Å². The molecule has 1 amide bonds. The van der Waals surface area contributed by atoms with Gasteiger partial charge in [-0.1, -0.05) is 12.1 Å². The maximum absolute atomic E-state index is 11.2. The highest BCUT2D eigenvalue weighted by Crippen LogP contribution is 2.22. The molecule has 0 saturated heterocycles. The second kappa shape index (κ2) is 7.39. The molecule has 0 fully saturated rings. The Kier molecular flexibility index (Phi) is 5.29. The fraction of sp³-hybridized carbons (Fsp3) is 0.125. The van der Waals surface area contributed by atoms with Gasteiger partial charge in [-0.2, -0.15) is 0 Å². The minimum absolute atomic E-state index is 0.311. The van der Waals surface area contributed by atoms with Crippen LogP contribution in [0.1, 0.15) is 15.9 Å². The predicted molar refractivity (Wildman–Crippen MR) is 80.2 cm³/mol. The molecule has 1 atom stereocenters. The summed E-state index contributed by atoms with van der Waals surface area (Å²) in [6.07, 6.45) is 0.348. The zero-order valence-electron chi connectivity index (χ0n) is 12.2. The highest BCUT2D eigenvalue weighted by molar-refractivity contribution is 5.93. The van der Waals surface area contributed by atoms with Crippen molar-refractivity contribution in [1.29, 1.82) is 0 Å². The molecule has 0 radical (unpaired) electrons. The van der Waals surface area contributed by atoms with Crippen LogP contribution >= 0.6 is 0 Å². The van der Waals surface area contributed by atoms with E-state index in [1.54, 1.807) is 41.9 Å². The number of carboxylic acid groups (broad SMARTS) is 1. The molecule has 2 aromatic carbocycles. The number of carboxylic acids is 1. The van der Waals surface area contributed by atoms with E-state index in [4.69, 9.17) is 15.1 Å². The summed E-state index contributed by atoms with van der Waals surface area (Å²) in [5, 5.41) is 17.4. The van der Waals surface area contributed by atoms with Gasteiger partial charge in [0.15, 0.2) is 6.04 Å². The summed E-state index contributed by atoms with van der Waals surface area (Å²) in [7, 11) is 0. The molecular formula is C16H17N2O5+. The number of aliphatic carboxylic acids is 1. The van der Waals surface area contributed by atoms with Crippen LogP contribution in [0.5, 0.6) is 11.5 Å². The van der Waals surface area contributed by atoms with Gasteiger partial charge in [-0.05, 0) is 42.0 Å². The van der Waals surface area contributed by atoms with Crippen LogP contribution in [-0.4, -0.2) is 28.2 Å². The summed E-state index contributed by atoms with van der Waals surface area (Å²) in [4.78, 5) is 22.0. The van der Waals surface area contributed by atoms with Gasteiger partial charge in [0.05, 0.1) is 0 Å². The molecule has 0 heterocycles. The second-order valence-corrected chi connectivity index (χ2v) is 4.95. The number of carbonyl (C=O) groups is 2. The molecule has 7 nitrogen and oxygen atoms in total. The lowest BCUT2D eigenvalue weighted by atomic mass is 10.1. The average molecular weight is 317 g/mol. The monoisotopic (exact) mass is 317 g/mol. The summed E-state index contributed by atoms with van der Waals surface area (Å²) < 4.78 is 5.63. The summed E-state index contributed by atoms with van der Waals surface area (Å²) in [6, 6.07) is 12.6. The number of hydrogen-bond acceptors (Lipinski definition) is 4. The first kappa shape index (κ1) is 16.5. The first-order valence-corrected chi connectivity index (χ1v) is 6.87. The molecule has 7 heteroatoms. The predicted octanol–water partition coefficient (Wildman–Crippen LogP) is 0.835. The summed E-state index contributed by atoms with van der Waals surface area (Å²) in [6.45, 7) is 0. The Morgan fingerprint density at radius 1 is 1.04 bits per heavy atom. The van der Waals surface area contributed by atoms with Gasteiger partial charge in [0.1, 0.15) is 11.5 Å². The molecule has 0 unspecified atom stereocenters. The van der Waals surface area contributed by atoms with E-state index in [9.17, 15) is 9.59 Å². The quantitative estimate of drug-likeness (QED) is 0.464. The van der Waals surface area contributed by atoms with E-state index in [2.05, 4.69) is 5.73 Å². The van der Waals surface area contributed by atoms with Crippen molar-refractivity contribution in [3.63, 3.8) is 0 Å². The minimum atomic E-state index is -0.933. The first-order chi connectivity index (χ1) is 11.0. The van der Waals surface area contributed by atoms with Crippen molar-refractivity contribution >= 4 is 11.9 Å². The molecule has 2 aromatic rings. The van der Waals surface area contributed by atoms with Gasteiger partial charge in [-0.15, -0.1) is 0 Å². The molecule has 0 spiro atoms. The van der Waals surface area contributed by atoms with Gasteiger partial charge in [0.25, 0.3) is 5.91 Å². The number of nitrogens with one attached hydrogen (secondary N) is 1. The topological polar surface area (TPSA) is 124 Å². The summed E-state index contributed by atoms with van der Waals surface area (Å²) in [5.41, 5.74) is 6.29. The maximum Gasteiger partial charge on any atom is 0.362 e. The SMILES string of the molecule is [NH3+][C@@H](Cc1ccc(Oc2ccc(C(=O)NO)cc2)cc1)C(=O)O. The highest BCUT2D eigenvalue weighted by Gasteiger charge is 2.15. The molecule has 0 bridgehead atoms. The smallest absolute Gasteiger partial charge is 0.362 e. The zero-order valence-corrected chi connectivity index (χ0v) is 12.2. The number of hydroxylamine groups is 1. The third kappa shape index (κ3) is 4.53. The molecule has 0 aromatic heterocycles. The minimum Gasteiger partial charge on any atom is -0.477 e. The van der Waals surface area contributed by atoms with Crippen LogP contribution in [0.15, 0.2) is 48.5 Å². The van der Waals surface area contributed by atoms with Crippen LogP contribution in [0, 0.1) is 0 Å². The highest BCUT2D eigenvalue weighted by atomic mass is 16.5. The van der Waals surface area contributed by atoms with Crippen LogP contribution in [0.3, 0.4) is 0 Å². The van der Waals surface area contributed by atoms with E-state index in [0.717, 1.165) is 5.56 Å². The van der Waals surface area contributed by atoms with Crippen molar-refractivity contribution < 1.29 is 30.4 Å². The third-order valence-corrected chi connectivity index (χ3v) is 3.21. The Morgan fingerprint density at radius 3 is 2.04 bits per heavy atom. The Hall–Kier alpha value is -2.90. The van der Waals surface area contributed by atoms with E-state index >= 15 is 0 Å². The van der Waals surface area contributed by atoms with Crippen LogP contribution in [-0.2, 0) is 11.2 Å². The van der Waals surface area contributed by atoms with Gasteiger partial charge in [0, 0.05) is 12.0 Å². The number of hydrogen-bond donors (Lipinski definition) is 4. The fourth-order valence-electron chi connectivity index (χ4n) is 1.94. The zero-order chi connectivity index (χ0) is 16.8. The number of carbonyl (C=O) groups excluding carboxylic acids is 1. The Bertz CT molecular complexity index is 683. The Labute approximate surface area is 132 Å². The third-order valence-electron chi connectivity index (χ3n) is 3.21. The van der Waals surface area contributed by atoms with E-state index in [-0.39, 0.29) is 0 Å². The molecule has 6 N–H and O–H groups in total. The first-order valence-electron chi connectivity index (χ1n) is 6.87. The lowest BCUT2D eigenvalue weighted by Gasteiger charge is -2.08. The fourth-order valence-corrected chi connectivity index (χ4v) is 1.94. The van der Waals surface area contributed by atoms with Crippen LogP contribution in [0.25, 0.3) is 0 Å². The van der Waals surface area contributed by atoms with Crippen molar-refractivity contribution in [3.05, 3.63) is 59.7 Å². The van der Waals surface area contributed by atoms with Crippen molar-refractivity contribution in [1.82, 2.24) is 5.48 Å². The normalized spacial score (nSPS) is 11.6. The van der Waals surface area contributed by atoms with E-state index < -0.39 is 17.9 Å². The average Bonchev–Trinajstić information content (AvgIpc) is 2.56. The molecule has 0 saturated carbocycles. The largest absolute Gasteiger partial charge is 0.477 e. The van der Waals surface area contributed by atoms with Gasteiger partial charge in [-0.3, -0.25) is 10.0 Å². The molecule has 0 aliphatic carbocycles. The number of benzene rings is 2. The molecule has 120 valence electrons. The Morgan fingerprint density at radius 2 is 1.57 bits per heavy atom. The molecule has 0 aliphatic rings. The maximum atomic E-state index is 11.2. The van der Waals surface area contributed by atoms with Crippen LogP contribution in [0.4, 0.5) is 0 Å². The molecular weight excluding hydrogens is 300 g/mol. The van der Waals surface area contributed by atoms with Crippen molar-refractivity contribution in [3.8, 4) is 11.5 Å². The van der Waals surface area contributed by atoms with Gasteiger partial charge in [-0.25, -0.2) is 10.3 Å². The second-order valence-electron chi connectivity index (χ2n) is 4.95. The van der Waals surface area contributed by atoms with Crippen molar-refractivity contribution in [2.45, 2.75) is 12.5 Å². The number of quaternary nitrogens is 1. The van der Waals surface area contributed by atoms with E-state index in [0.29, 0.717) is 23.5 Å². The van der Waals surface area contributed by atoms with Crippen LogP contribution < -0.4 is 16.0 Å². The lowest BCUT2D eigenvalue weighted by molar-refractivity contribution is -0.407. The van der Waals surface area contributed by atoms with Gasteiger partial charge >= 0.3 is 5.97 Å². The Balaban J connectivity index is 2.00. The molecule has 0 aliphatic heterocycles. The number of ether oxygens (including phenoxy) is 1. The number of rotatable bonds is 6. The standard InChI is InChI=1S/C16H16N2O5/c17-14(16(20)21)9-10-1-5-12(6-2-10)23-13-7-3-11(4-8-13)15(19)18-22/h1-8,14,22H,9,17H2,(H,18,19)(H,20,21)/p+1/t14-/m0/s1. The number of amides is 1. The summed E-state index contributed by atoms with van der Waals surface area (Å²) >= 11 is 0. The lowest BCUT2D eigenvalue weighted by Crippen LogP contribution is -2.65. The van der Waals surface area contributed by atoms with Gasteiger partial charge in [0.2, 0.25) is 0 Å². The van der Waals surface area contributed by atoms with Crippen molar-refractivity contribution in [2.75, 3.05) is 0 Å². The summed E-state index contributed by atoms with van der Waals surface area (Å²) in [5.74, 6) is -0.406. The molecule has 23 heavy (non-hydrogen) atoms. The van der Waals surface area contributed by atoms with Crippen LogP contribution in [0.2, 0.25) is 0 Å². The molecule has 2 rings (SSSR count). The van der Waals surface area contributed by atoms with Gasteiger partial charge < -0.3 is 15.6 Å².